The molecule has 0 aliphatic carbocycles. The zero-order chi connectivity index (χ0) is 17.4. The molecular formula is C17H14F6. The van der Waals surface area contributed by atoms with Gasteiger partial charge in [-0.05, 0) is 34.7 Å². The molecule has 0 aromatic heterocycles. The summed E-state index contributed by atoms with van der Waals surface area (Å²) in [5, 5.41) is 0. The van der Waals surface area contributed by atoms with E-state index in [0.29, 0.717) is 5.56 Å². The predicted molar refractivity (Wildman–Crippen MR) is 76.0 cm³/mol. The van der Waals surface area contributed by atoms with Gasteiger partial charge in [-0.1, -0.05) is 44.2 Å². The molecule has 0 atom stereocenters. The van der Waals surface area contributed by atoms with Crippen molar-refractivity contribution in [2.45, 2.75) is 32.1 Å². The average molecular weight is 332 g/mol. The quantitative estimate of drug-likeness (QED) is 0.550. The van der Waals surface area contributed by atoms with E-state index >= 15 is 0 Å². The van der Waals surface area contributed by atoms with E-state index in [1.807, 2.05) is 0 Å². The Morgan fingerprint density at radius 2 is 1.22 bits per heavy atom. The molecule has 0 saturated heterocycles. The monoisotopic (exact) mass is 332 g/mol. The fourth-order valence-corrected chi connectivity index (χ4v) is 2.36. The van der Waals surface area contributed by atoms with Crippen LogP contribution < -0.4 is 0 Å². The Morgan fingerprint density at radius 1 is 0.696 bits per heavy atom. The molecule has 0 aliphatic rings. The molecule has 0 aliphatic heterocycles. The molecular weight excluding hydrogens is 318 g/mol. The smallest absolute Gasteiger partial charge is 0.166 e. The molecule has 0 unspecified atom stereocenters. The molecule has 124 valence electrons. The third-order valence-electron chi connectivity index (χ3n) is 3.54. The van der Waals surface area contributed by atoms with Crippen molar-refractivity contribution < 1.29 is 26.3 Å². The molecule has 0 spiro atoms. The third-order valence-corrected chi connectivity index (χ3v) is 3.54. The molecule has 2 rings (SSSR count). The standard InChI is InChI=1S/C17H14F6/c1-10(2)11-7-8-15(17(21,22)23)13(9-11)12-5-3-4-6-14(12)16(18,19)20/h3-10H,1-2H3. The lowest BCUT2D eigenvalue weighted by atomic mass is 9.90. The Balaban J connectivity index is 2.79. The van der Waals surface area contributed by atoms with Crippen LogP contribution in [0.1, 0.15) is 36.5 Å². The lowest BCUT2D eigenvalue weighted by Gasteiger charge is -2.19. The van der Waals surface area contributed by atoms with Crippen molar-refractivity contribution in [3.63, 3.8) is 0 Å². The second kappa shape index (κ2) is 5.91. The van der Waals surface area contributed by atoms with Crippen LogP contribution in [0.5, 0.6) is 0 Å². The van der Waals surface area contributed by atoms with Crippen LogP contribution in [0.15, 0.2) is 42.5 Å². The molecule has 2 aromatic rings. The summed E-state index contributed by atoms with van der Waals surface area (Å²) in [7, 11) is 0. The second-order valence-corrected chi connectivity index (χ2v) is 5.50. The molecule has 0 saturated carbocycles. The fraction of sp³-hybridized carbons (Fsp3) is 0.294. The first-order chi connectivity index (χ1) is 10.5. The highest BCUT2D eigenvalue weighted by Gasteiger charge is 2.38. The summed E-state index contributed by atoms with van der Waals surface area (Å²) in [4.78, 5) is 0. The molecule has 0 radical (unpaired) electrons. The van der Waals surface area contributed by atoms with Gasteiger partial charge < -0.3 is 0 Å². The van der Waals surface area contributed by atoms with Crippen molar-refractivity contribution in [3.8, 4) is 11.1 Å². The van der Waals surface area contributed by atoms with Gasteiger partial charge in [0.2, 0.25) is 0 Å². The van der Waals surface area contributed by atoms with Gasteiger partial charge in [-0.3, -0.25) is 0 Å². The van der Waals surface area contributed by atoms with Crippen LogP contribution in [0, 0.1) is 0 Å². The number of rotatable bonds is 2. The zero-order valence-electron chi connectivity index (χ0n) is 12.4. The lowest BCUT2D eigenvalue weighted by Crippen LogP contribution is -2.11. The number of alkyl halides is 6. The Kier molecular flexibility index (Phi) is 4.46. The van der Waals surface area contributed by atoms with Crippen molar-refractivity contribution in [1.82, 2.24) is 0 Å². The Morgan fingerprint density at radius 3 is 1.74 bits per heavy atom. The molecule has 0 bridgehead atoms. The summed E-state index contributed by atoms with van der Waals surface area (Å²) in [5.74, 6) is -0.103. The highest BCUT2D eigenvalue weighted by atomic mass is 19.4. The minimum absolute atomic E-state index is 0.103. The topological polar surface area (TPSA) is 0 Å². The van der Waals surface area contributed by atoms with Gasteiger partial charge in [-0.15, -0.1) is 0 Å². The summed E-state index contributed by atoms with van der Waals surface area (Å²) < 4.78 is 79.1. The molecule has 0 heterocycles. The summed E-state index contributed by atoms with van der Waals surface area (Å²) in [6.45, 7) is 3.53. The molecule has 0 fully saturated rings. The van der Waals surface area contributed by atoms with E-state index in [4.69, 9.17) is 0 Å². The second-order valence-electron chi connectivity index (χ2n) is 5.50. The third kappa shape index (κ3) is 3.68. The number of hydrogen-bond acceptors (Lipinski definition) is 0. The van der Waals surface area contributed by atoms with E-state index in [1.54, 1.807) is 13.8 Å². The maximum atomic E-state index is 13.2. The maximum absolute atomic E-state index is 13.2. The summed E-state index contributed by atoms with van der Waals surface area (Å²) in [6, 6.07) is 7.65. The van der Waals surface area contributed by atoms with Crippen molar-refractivity contribution in [3.05, 3.63) is 59.2 Å². The van der Waals surface area contributed by atoms with E-state index in [2.05, 4.69) is 0 Å². The van der Waals surface area contributed by atoms with Crippen molar-refractivity contribution in [1.29, 1.82) is 0 Å². The highest BCUT2D eigenvalue weighted by Crippen LogP contribution is 2.43. The SMILES string of the molecule is CC(C)c1ccc(C(F)(F)F)c(-c2ccccc2C(F)(F)F)c1. The first kappa shape index (κ1) is 17.4. The first-order valence-electron chi connectivity index (χ1n) is 6.89. The van der Waals surface area contributed by atoms with E-state index in [0.717, 1.165) is 24.3 Å². The van der Waals surface area contributed by atoms with Crippen molar-refractivity contribution >= 4 is 0 Å². The van der Waals surface area contributed by atoms with Gasteiger partial charge in [0, 0.05) is 0 Å². The number of halogens is 6. The minimum atomic E-state index is -4.73. The van der Waals surface area contributed by atoms with Crippen LogP contribution in [0.2, 0.25) is 0 Å². The fourth-order valence-electron chi connectivity index (χ4n) is 2.36. The number of hydrogen-bond donors (Lipinski definition) is 0. The Bertz CT molecular complexity index is 695. The molecule has 6 heteroatoms. The van der Waals surface area contributed by atoms with Crippen LogP contribution in [-0.2, 0) is 12.4 Å². The minimum Gasteiger partial charge on any atom is -0.166 e. The van der Waals surface area contributed by atoms with Crippen molar-refractivity contribution in [2.75, 3.05) is 0 Å². The normalized spacial score (nSPS) is 12.7. The molecule has 2 aromatic carbocycles. The van der Waals surface area contributed by atoms with Crippen LogP contribution in [0.25, 0.3) is 11.1 Å². The number of benzene rings is 2. The predicted octanol–water partition coefficient (Wildman–Crippen LogP) is 6.51. The molecule has 0 nitrogen and oxygen atoms in total. The van der Waals surface area contributed by atoms with E-state index < -0.39 is 34.6 Å². The molecule has 0 amide bonds. The van der Waals surface area contributed by atoms with E-state index in [-0.39, 0.29) is 5.92 Å². The largest absolute Gasteiger partial charge is 0.417 e. The van der Waals surface area contributed by atoms with Gasteiger partial charge in [0.05, 0.1) is 11.1 Å². The van der Waals surface area contributed by atoms with Gasteiger partial charge in [-0.2, -0.15) is 26.3 Å². The Labute approximate surface area is 129 Å². The van der Waals surface area contributed by atoms with Gasteiger partial charge in [-0.25, -0.2) is 0 Å². The van der Waals surface area contributed by atoms with Gasteiger partial charge in [0.1, 0.15) is 0 Å². The van der Waals surface area contributed by atoms with Crippen LogP contribution in [-0.4, -0.2) is 0 Å². The van der Waals surface area contributed by atoms with Gasteiger partial charge in [0.15, 0.2) is 0 Å². The van der Waals surface area contributed by atoms with Crippen molar-refractivity contribution in [2.24, 2.45) is 0 Å². The lowest BCUT2D eigenvalue weighted by molar-refractivity contribution is -0.139. The first-order valence-corrected chi connectivity index (χ1v) is 6.89. The maximum Gasteiger partial charge on any atom is 0.417 e. The van der Waals surface area contributed by atoms with Gasteiger partial charge in [0.25, 0.3) is 0 Å². The molecule has 0 N–H and O–H groups in total. The summed E-state index contributed by atoms with van der Waals surface area (Å²) in [6.07, 6.45) is -9.46. The highest BCUT2D eigenvalue weighted by molar-refractivity contribution is 5.72. The Hall–Kier alpha value is -1.98. The summed E-state index contributed by atoms with van der Waals surface area (Å²) in [5.41, 5.74) is -2.51. The molecule has 23 heavy (non-hydrogen) atoms. The summed E-state index contributed by atoms with van der Waals surface area (Å²) >= 11 is 0. The van der Waals surface area contributed by atoms with Crippen LogP contribution in [0.3, 0.4) is 0 Å². The van der Waals surface area contributed by atoms with Gasteiger partial charge >= 0.3 is 12.4 Å². The van der Waals surface area contributed by atoms with E-state index in [9.17, 15) is 26.3 Å². The van der Waals surface area contributed by atoms with Crippen LogP contribution in [0.4, 0.5) is 26.3 Å². The van der Waals surface area contributed by atoms with Crippen LogP contribution >= 0.6 is 0 Å². The average Bonchev–Trinajstić information content (AvgIpc) is 2.44. The zero-order valence-corrected chi connectivity index (χ0v) is 12.4. The van der Waals surface area contributed by atoms with E-state index in [1.165, 1.54) is 18.2 Å².